The van der Waals surface area contributed by atoms with Gasteiger partial charge in [-0.3, -0.25) is 20.2 Å². The summed E-state index contributed by atoms with van der Waals surface area (Å²) in [5, 5.41) is 21.8. The second-order valence-corrected chi connectivity index (χ2v) is 8.58. The molecule has 166 valence electrons. The van der Waals surface area contributed by atoms with Crippen molar-refractivity contribution < 1.29 is 19.3 Å². The van der Waals surface area contributed by atoms with Gasteiger partial charge in [0, 0.05) is 88.9 Å². The summed E-state index contributed by atoms with van der Waals surface area (Å²) in [4.78, 5) is 21.2. The minimum absolute atomic E-state index is 0.256. The van der Waals surface area contributed by atoms with Gasteiger partial charge in [0.2, 0.25) is 11.1 Å². The summed E-state index contributed by atoms with van der Waals surface area (Å²) in [6.07, 6.45) is 3.50. The van der Waals surface area contributed by atoms with Crippen molar-refractivity contribution in [2.45, 2.75) is 89.4 Å². The maximum Gasteiger partial charge on any atom is 0.218 e. The Balaban J connectivity index is 3.58. The maximum atomic E-state index is 10.9. The van der Waals surface area contributed by atoms with Crippen molar-refractivity contribution in [3.63, 3.8) is 0 Å². The fourth-order valence-electron chi connectivity index (χ4n) is 2.72. The van der Waals surface area contributed by atoms with Gasteiger partial charge in [-0.1, -0.05) is 0 Å². The number of ether oxygens (including phenoxy) is 2. The van der Waals surface area contributed by atoms with E-state index < -0.39 is 11.1 Å². The van der Waals surface area contributed by atoms with Crippen LogP contribution in [0.25, 0.3) is 0 Å². The van der Waals surface area contributed by atoms with Crippen LogP contribution in [0.4, 0.5) is 0 Å². The van der Waals surface area contributed by atoms with Gasteiger partial charge in [-0.15, -0.1) is 0 Å². The Morgan fingerprint density at radius 1 is 0.750 bits per heavy atom. The number of rotatable bonds is 17. The Kier molecular flexibility index (Phi) is 12.3. The Hall–Kier alpha value is -1.36. The standard InChI is InChI=1S/C18H38N4O6/c1-17(2,21(23)24)13-15(19)7-11-27-9-5-6-10-28-12-8-16(20)14-18(3,4)22(25)26/h15-16H,5-14,19-20H2,1-4H3. The molecule has 28 heavy (non-hydrogen) atoms. The summed E-state index contributed by atoms with van der Waals surface area (Å²) >= 11 is 0. The summed E-state index contributed by atoms with van der Waals surface area (Å²) in [6.45, 7) is 8.44. The number of unbranched alkanes of at least 4 members (excludes halogenated alkanes) is 1. The van der Waals surface area contributed by atoms with Crippen molar-refractivity contribution in [1.82, 2.24) is 0 Å². The quantitative estimate of drug-likeness (QED) is 0.211. The van der Waals surface area contributed by atoms with Crippen LogP contribution < -0.4 is 11.5 Å². The molecule has 2 atom stereocenters. The van der Waals surface area contributed by atoms with E-state index in [0.717, 1.165) is 12.8 Å². The Morgan fingerprint density at radius 3 is 1.36 bits per heavy atom. The summed E-state index contributed by atoms with van der Waals surface area (Å²) in [5.41, 5.74) is 9.81. The molecule has 4 N–H and O–H groups in total. The van der Waals surface area contributed by atoms with Gasteiger partial charge in [0.15, 0.2) is 0 Å². The minimum Gasteiger partial charge on any atom is -0.381 e. The zero-order chi connectivity index (χ0) is 21.8. The van der Waals surface area contributed by atoms with E-state index in [1.807, 2.05) is 0 Å². The molecule has 0 aliphatic carbocycles. The first-order valence-corrected chi connectivity index (χ1v) is 9.84. The molecule has 0 amide bonds. The molecule has 0 saturated carbocycles. The topological polar surface area (TPSA) is 157 Å². The second-order valence-electron chi connectivity index (χ2n) is 8.58. The zero-order valence-corrected chi connectivity index (χ0v) is 17.7. The molecule has 0 aliphatic heterocycles. The van der Waals surface area contributed by atoms with Gasteiger partial charge in [-0.05, 0) is 25.7 Å². The molecule has 0 radical (unpaired) electrons. The highest BCUT2D eigenvalue weighted by molar-refractivity contribution is 4.75. The lowest BCUT2D eigenvalue weighted by atomic mass is 9.95. The number of hydrogen-bond acceptors (Lipinski definition) is 8. The Bertz CT molecular complexity index is 431. The third kappa shape index (κ3) is 12.2. The van der Waals surface area contributed by atoms with Crippen LogP contribution in [0.2, 0.25) is 0 Å². The van der Waals surface area contributed by atoms with Crippen LogP contribution in [0.15, 0.2) is 0 Å². The highest BCUT2D eigenvalue weighted by Gasteiger charge is 2.33. The van der Waals surface area contributed by atoms with Gasteiger partial charge in [-0.25, -0.2) is 0 Å². The second kappa shape index (κ2) is 13.0. The molecule has 0 aromatic carbocycles. The smallest absolute Gasteiger partial charge is 0.218 e. The summed E-state index contributed by atoms with van der Waals surface area (Å²) in [6, 6.07) is -0.513. The zero-order valence-electron chi connectivity index (χ0n) is 17.7. The van der Waals surface area contributed by atoms with Crippen molar-refractivity contribution in [2.75, 3.05) is 26.4 Å². The molecular formula is C18H38N4O6. The SMILES string of the molecule is CC(C)(CC(N)CCOCCCCOCCC(N)CC(C)(C)[N+](=O)[O-])[N+](=O)[O-]. The lowest BCUT2D eigenvalue weighted by Gasteiger charge is -2.20. The monoisotopic (exact) mass is 406 g/mol. The fourth-order valence-corrected chi connectivity index (χ4v) is 2.72. The van der Waals surface area contributed by atoms with E-state index in [0.29, 0.717) is 52.1 Å². The molecule has 0 spiro atoms. The predicted molar refractivity (Wildman–Crippen MR) is 107 cm³/mol. The van der Waals surface area contributed by atoms with E-state index in [9.17, 15) is 20.2 Å². The number of nitrogens with two attached hydrogens (primary N) is 2. The third-order valence-electron chi connectivity index (χ3n) is 4.61. The first-order valence-electron chi connectivity index (χ1n) is 9.84. The highest BCUT2D eigenvalue weighted by atomic mass is 16.6. The molecule has 10 heteroatoms. The van der Waals surface area contributed by atoms with E-state index in [4.69, 9.17) is 20.9 Å². The Morgan fingerprint density at radius 2 is 1.07 bits per heavy atom. The number of nitro groups is 2. The largest absolute Gasteiger partial charge is 0.381 e. The molecule has 0 bridgehead atoms. The summed E-state index contributed by atoms with van der Waals surface area (Å²) in [7, 11) is 0. The fraction of sp³-hybridized carbons (Fsp3) is 1.00. The average Bonchev–Trinajstić information content (AvgIpc) is 2.55. The van der Waals surface area contributed by atoms with E-state index in [2.05, 4.69) is 0 Å². The maximum absolute atomic E-state index is 10.9. The molecule has 0 fully saturated rings. The minimum atomic E-state index is -1.02. The van der Waals surface area contributed by atoms with Crippen LogP contribution in [0.5, 0.6) is 0 Å². The molecule has 0 rings (SSSR count). The number of hydrogen-bond donors (Lipinski definition) is 2. The summed E-state index contributed by atoms with van der Waals surface area (Å²) < 4.78 is 11.0. The Labute approximate surface area is 167 Å². The van der Waals surface area contributed by atoms with Crippen LogP contribution in [-0.4, -0.2) is 59.4 Å². The van der Waals surface area contributed by atoms with E-state index >= 15 is 0 Å². The predicted octanol–water partition coefficient (Wildman–Crippen LogP) is 2.13. The van der Waals surface area contributed by atoms with Crippen LogP contribution in [0, 0.1) is 20.2 Å². The lowest BCUT2D eigenvalue weighted by Crippen LogP contribution is -2.39. The van der Waals surface area contributed by atoms with Crippen LogP contribution in [-0.2, 0) is 9.47 Å². The summed E-state index contributed by atoms with van der Waals surface area (Å²) in [5.74, 6) is 0. The first-order chi connectivity index (χ1) is 12.9. The van der Waals surface area contributed by atoms with Crippen molar-refractivity contribution >= 4 is 0 Å². The molecule has 0 aromatic heterocycles. The lowest BCUT2D eigenvalue weighted by molar-refractivity contribution is -0.562. The highest BCUT2D eigenvalue weighted by Crippen LogP contribution is 2.17. The van der Waals surface area contributed by atoms with Crippen LogP contribution in [0.1, 0.15) is 66.2 Å². The van der Waals surface area contributed by atoms with Gasteiger partial charge in [0.25, 0.3) is 0 Å². The van der Waals surface area contributed by atoms with Crippen LogP contribution in [0.3, 0.4) is 0 Å². The molecule has 0 aromatic rings. The molecule has 2 unspecified atom stereocenters. The normalized spacial score (nSPS) is 14.6. The third-order valence-corrected chi connectivity index (χ3v) is 4.61. The average molecular weight is 407 g/mol. The first kappa shape index (κ1) is 26.6. The van der Waals surface area contributed by atoms with Crippen molar-refractivity contribution in [3.8, 4) is 0 Å². The van der Waals surface area contributed by atoms with Gasteiger partial charge in [0.05, 0.1) is 0 Å². The molecular weight excluding hydrogens is 368 g/mol. The molecule has 10 nitrogen and oxygen atoms in total. The molecule has 0 aliphatic rings. The van der Waals surface area contributed by atoms with Gasteiger partial charge >= 0.3 is 0 Å². The van der Waals surface area contributed by atoms with Crippen molar-refractivity contribution in [1.29, 1.82) is 0 Å². The number of nitrogens with zero attached hydrogens (tertiary/aromatic N) is 2. The molecule has 0 heterocycles. The molecule has 0 saturated heterocycles. The van der Waals surface area contributed by atoms with Gasteiger partial charge in [0.1, 0.15) is 0 Å². The van der Waals surface area contributed by atoms with Crippen molar-refractivity contribution in [3.05, 3.63) is 20.2 Å². The van der Waals surface area contributed by atoms with E-state index in [1.54, 1.807) is 27.7 Å². The van der Waals surface area contributed by atoms with Crippen molar-refractivity contribution in [2.24, 2.45) is 11.5 Å². The van der Waals surface area contributed by atoms with E-state index in [-0.39, 0.29) is 21.9 Å². The van der Waals surface area contributed by atoms with Gasteiger partial charge in [-0.2, -0.15) is 0 Å². The van der Waals surface area contributed by atoms with E-state index in [1.165, 1.54) is 0 Å². The van der Waals surface area contributed by atoms with Gasteiger partial charge < -0.3 is 20.9 Å². The van der Waals surface area contributed by atoms with Crippen LogP contribution >= 0.6 is 0 Å².